The molecule has 2 nitrogen and oxygen atoms in total. The molecule has 2 aliphatic rings. The zero-order valence-electron chi connectivity index (χ0n) is 9.92. The number of benzene rings is 1. The molecule has 0 aliphatic heterocycles. The maximum absolute atomic E-state index is 6.38. The second-order valence-corrected chi connectivity index (χ2v) is 5.84. The van der Waals surface area contributed by atoms with E-state index >= 15 is 0 Å². The summed E-state index contributed by atoms with van der Waals surface area (Å²) in [6.07, 6.45) is 5.87. The van der Waals surface area contributed by atoms with Crippen molar-refractivity contribution in [2.75, 3.05) is 6.61 Å². The highest BCUT2D eigenvalue weighted by molar-refractivity contribution is 6.30. The second kappa shape index (κ2) is 4.18. The van der Waals surface area contributed by atoms with Crippen molar-refractivity contribution in [3.8, 4) is 5.75 Å². The largest absolute Gasteiger partial charge is 0.493 e. The van der Waals surface area contributed by atoms with E-state index in [1.54, 1.807) is 0 Å². The summed E-state index contributed by atoms with van der Waals surface area (Å²) in [6, 6.07) is 5.82. The third-order valence-corrected chi connectivity index (χ3v) is 4.13. The summed E-state index contributed by atoms with van der Waals surface area (Å²) in [5.41, 5.74) is 7.27. The predicted octanol–water partition coefficient (Wildman–Crippen LogP) is 3.47. The van der Waals surface area contributed by atoms with Crippen LogP contribution in [0, 0.1) is 5.92 Å². The molecule has 0 radical (unpaired) electrons. The summed E-state index contributed by atoms with van der Waals surface area (Å²) in [6.45, 7) is 0.824. The second-order valence-electron chi connectivity index (χ2n) is 5.40. The van der Waals surface area contributed by atoms with E-state index in [-0.39, 0.29) is 5.54 Å². The molecule has 0 bridgehead atoms. The van der Waals surface area contributed by atoms with Gasteiger partial charge in [0.1, 0.15) is 5.75 Å². The smallest absolute Gasteiger partial charge is 0.124 e. The molecular formula is C14H18ClNO. The highest BCUT2D eigenvalue weighted by atomic mass is 35.5. The topological polar surface area (TPSA) is 35.2 Å². The van der Waals surface area contributed by atoms with Gasteiger partial charge in [-0.25, -0.2) is 0 Å². The predicted molar refractivity (Wildman–Crippen MR) is 69.4 cm³/mol. The fraction of sp³-hybridized carbons (Fsp3) is 0.571. The van der Waals surface area contributed by atoms with Gasteiger partial charge in [-0.3, -0.25) is 0 Å². The SMILES string of the molecule is NC1(c2cc(Cl)ccc2OCC2CC2)CCC1. The molecule has 3 heteroatoms. The third kappa shape index (κ3) is 2.29. The highest BCUT2D eigenvalue weighted by Crippen LogP contribution is 2.44. The Morgan fingerprint density at radius 2 is 2.12 bits per heavy atom. The van der Waals surface area contributed by atoms with Gasteiger partial charge in [-0.15, -0.1) is 0 Å². The van der Waals surface area contributed by atoms with Crippen molar-refractivity contribution in [3.05, 3.63) is 28.8 Å². The molecule has 0 amide bonds. The first-order valence-corrected chi connectivity index (χ1v) is 6.77. The Hall–Kier alpha value is -0.730. The Balaban J connectivity index is 1.84. The molecule has 3 rings (SSSR count). The van der Waals surface area contributed by atoms with E-state index in [1.807, 2.05) is 18.2 Å². The van der Waals surface area contributed by atoms with Gasteiger partial charge < -0.3 is 10.5 Å². The van der Waals surface area contributed by atoms with Crippen molar-refractivity contribution < 1.29 is 4.74 Å². The van der Waals surface area contributed by atoms with Crippen LogP contribution in [0.15, 0.2) is 18.2 Å². The van der Waals surface area contributed by atoms with Crippen LogP contribution in [0.25, 0.3) is 0 Å². The maximum Gasteiger partial charge on any atom is 0.124 e. The third-order valence-electron chi connectivity index (χ3n) is 3.90. The van der Waals surface area contributed by atoms with Crippen LogP contribution in [0.5, 0.6) is 5.75 Å². The molecule has 0 spiro atoms. The average Bonchev–Trinajstić information content (AvgIpc) is 3.08. The van der Waals surface area contributed by atoms with Gasteiger partial charge in [0.2, 0.25) is 0 Å². The maximum atomic E-state index is 6.38. The molecular weight excluding hydrogens is 234 g/mol. The van der Waals surface area contributed by atoms with Crippen molar-refractivity contribution >= 4 is 11.6 Å². The zero-order valence-corrected chi connectivity index (χ0v) is 10.7. The number of hydrogen-bond acceptors (Lipinski definition) is 2. The van der Waals surface area contributed by atoms with Crippen LogP contribution < -0.4 is 10.5 Å². The van der Waals surface area contributed by atoms with Crippen molar-refractivity contribution in [2.45, 2.75) is 37.6 Å². The zero-order chi connectivity index (χ0) is 11.9. The lowest BCUT2D eigenvalue weighted by atomic mass is 9.72. The molecule has 17 heavy (non-hydrogen) atoms. The molecule has 2 saturated carbocycles. The van der Waals surface area contributed by atoms with Crippen molar-refractivity contribution in [1.82, 2.24) is 0 Å². The first-order valence-electron chi connectivity index (χ1n) is 6.39. The molecule has 0 aromatic heterocycles. The molecule has 2 N–H and O–H groups in total. The van der Waals surface area contributed by atoms with Gasteiger partial charge in [0, 0.05) is 16.1 Å². The minimum absolute atomic E-state index is 0.205. The van der Waals surface area contributed by atoms with Crippen LogP contribution in [0.1, 0.15) is 37.7 Å². The van der Waals surface area contributed by atoms with E-state index in [0.29, 0.717) is 0 Å². The molecule has 92 valence electrons. The summed E-state index contributed by atoms with van der Waals surface area (Å²) in [4.78, 5) is 0. The van der Waals surface area contributed by atoms with Crippen LogP contribution >= 0.6 is 11.6 Å². The number of hydrogen-bond donors (Lipinski definition) is 1. The Morgan fingerprint density at radius 1 is 1.35 bits per heavy atom. The van der Waals surface area contributed by atoms with E-state index in [2.05, 4.69) is 0 Å². The molecule has 2 aliphatic carbocycles. The lowest BCUT2D eigenvalue weighted by molar-refractivity contribution is 0.232. The van der Waals surface area contributed by atoms with E-state index in [9.17, 15) is 0 Å². The standard InChI is InChI=1S/C14H18ClNO/c15-11-4-5-13(17-9-10-2-3-10)12(8-11)14(16)6-1-7-14/h4-5,8,10H,1-3,6-7,9,16H2. The van der Waals surface area contributed by atoms with Crippen LogP contribution in [0.3, 0.4) is 0 Å². The van der Waals surface area contributed by atoms with Crippen LogP contribution in [0.2, 0.25) is 5.02 Å². The molecule has 0 unspecified atom stereocenters. The van der Waals surface area contributed by atoms with Crippen molar-refractivity contribution in [3.63, 3.8) is 0 Å². The molecule has 0 saturated heterocycles. The van der Waals surface area contributed by atoms with E-state index in [0.717, 1.165) is 41.7 Å². The Labute approximate surface area is 107 Å². The molecule has 2 fully saturated rings. The number of nitrogens with two attached hydrogens (primary N) is 1. The van der Waals surface area contributed by atoms with E-state index < -0.39 is 0 Å². The van der Waals surface area contributed by atoms with Crippen molar-refractivity contribution in [2.24, 2.45) is 11.7 Å². The lowest BCUT2D eigenvalue weighted by Crippen LogP contribution is -2.43. The van der Waals surface area contributed by atoms with Crippen LogP contribution in [-0.4, -0.2) is 6.61 Å². The first-order chi connectivity index (χ1) is 8.17. The van der Waals surface area contributed by atoms with Crippen LogP contribution in [-0.2, 0) is 5.54 Å². The summed E-state index contributed by atoms with van der Waals surface area (Å²) in [7, 11) is 0. The van der Waals surface area contributed by atoms with Gasteiger partial charge >= 0.3 is 0 Å². The summed E-state index contributed by atoms with van der Waals surface area (Å²) >= 11 is 6.07. The van der Waals surface area contributed by atoms with E-state index in [1.165, 1.54) is 19.3 Å². The van der Waals surface area contributed by atoms with Gasteiger partial charge in [0.15, 0.2) is 0 Å². The van der Waals surface area contributed by atoms with Gasteiger partial charge in [0.25, 0.3) is 0 Å². The number of ether oxygens (including phenoxy) is 1. The Kier molecular flexibility index (Phi) is 2.80. The van der Waals surface area contributed by atoms with Crippen LogP contribution in [0.4, 0.5) is 0 Å². The average molecular weight is 252 g/mol. The summed E-state index contributed by atoms with van der Waals surface area (Å²) in [5.74, 6) is 1.69. The number of rotatable bonds is 4. The normalized spacial score (nSPS) is 22.0. The summed E-state index contributed by atoms with van der Waals surface area (Å²) in [5, 5.41) is 0.746. The Morgan fingerprint density at radius 3 is 2.71 bits per heavy atom. The lowest BCUT2D eigenvalue weighted by Gasteiger charge is -2.39. The minimum atomic E-state index is -0.205. The molecule has 1 aromatic rings. The molecule has 0 heterocycles. The van der Waals surface area contributed by atoms with E-state index in [4.69, 9.17) is 22.1 Å². The minimum Gasteiger partial charge on any atom is -0.493 e. The first kappa shape index (κ1) is 11.4. The highest BCUT2D eigenvalue weighted by Gasteiger charge is 2.37. The molecule has 1 aromatic carbocycles. The fourth-order valence-electron chi connectivity index (χ4n) is 2.34. The molecule has 0 atom stereocenters. The fourth-order valence-corrected chi connectivity index (χ4v) is 2.51. The quantitative estimate of drug-likeness (QED) is 0.889. The van der Waals surface area contributed by atoms with Gasteiger partial charge in [-0.2, -0.15) is 0 Å². The summed E-state index contributed by atoms with van der Waals surface area (Å²) < 4.78 is 5.90. The Bertz CT molecular complexity index is 424. The van der Waals surface area contributed by atoms with Gasteiger partial charge in [-0.1, -0.05) is 11.6 Å². The van der Waals surface area contributed by atoms with Gasteiger partial charge in [-0.05, 0) is 56.2 Å². The van der Waals surface area contributed by atoms with Crippen molar-refractivity contribution in [1.29, 1.82) is 0 Å². The number of halogens is 1. The monoisotopic (exact) mass is 251 g/mol. The van der Waals surface area contributed by atoms with Gasteiger partial charge in [0.05, 0.1) is 6.61 Å².